The predicted octanol–water partition coefficient (Wildman–Crippen LogP) is -0.00710. The zero-order valence-electron chi connectivity index (χ0n) is 9.11. The first-order valence-electron chi connectivity index (χ1n) is 5.47. The van der Waals surface area contributed by atoms with Crippen LogP contribution in [0.5, 0.6) is 0 Å². The molecule has 1 amide bonds. The molecule has 4 heteroatoms. The van der Waals surface area contributed by atoms with Crippen LogP contribution < -0.4 is 5.32 Å². The zero-order chi connectivity index (χ0) is 11.1. The monoisotopic (exact) mass is 212 g/mol. The Morgan fingerprint density at radius 1 is 1.53 bits per heavy atom. The van der Waals surface area contributed by atoms with Gasteiger partial charge in [0, 0.05) is 13.2 Å². The Morgan fingerprint density at radius 3 is 2.73 bits per heavy atom. The first kappa shape index (κ1) is 12.2. The largest absolute Gasteiger partial charge is 0.396 e. The molecule has 4 nitrogen and oxygen atoms in total. The maximum absolute atomic E-state index is 11.4. The van der Waals surface area contributed by atoms with Gasteiger partial charge in [0.25, 0.3) is 0 Å². The molecule has 0 aliphatic carbocycles. The molecule has 1 aliphatic heterocycles. The number of rotatable bonds is 5. The quantitative estimate of drug-likeness (QED) is 0.630. The van der Waals surface area contributed by atoms with Gasteiger partial charge in [0.2, 0.25) is 5.91 Å². The Labute approximate surface area is 91.0 Å². The Balaban J connectivity index is 2.17. The molecule has 1 heterocycles. The van der Waals surface area contributed by atoms with Crippen molar-refractivity contribution in [3.8, 4) is 0 Å². The van der Waals surface area contributed by atoms with Gasteiger partial charge < -0.3 is 10.4 Å². The van der Waals surface area contributed by atoms with Crippen molar-refractivity contribution in [1.29, 1.82) is 0 Å². The molecule has 0 radical (unpaired) electrons. The van der Waals surface area contributed by atoms with Crippen molar-refractivity contribution in [2.75, 3.05) is 32.8 Å². The minimum Gasteiger partial charge on any atom is -0.396 e. The van der Waals surface area contributed by atoms with Crippen LogP contribution in [-0.2, 0) is 4.79 Å². The van der Waals surface area contributed by atoms with Gasteiger partial charge in [-0.05, 0) is 31.8 Å². The Kier molecular flexibility index (Phi) is 5.36. The molecular weight excluding hydrogens is 192 g/mol. The van der Waals surface area contributed by atoms with Crippen LogP contribution in [0.15, 0.2) is 12.7 Å². The lowest BCUT2D eigenvalue weighted by Crippen LogP contribution is -2.42. The number of nitrogens with zero attached hydrogens (tertiary/aromatic N) is 1. The second-order valence-electron chi connectivity index (χ2n) is 3.99. The fraction of sp³-hybridized carbons (Fsp3) is 0.727. The summed E-state index contributed by atoms with van der Waals surface area (Å²) in [5, 5.41) is 11.7. The zero-order valence-corrected chi connectivity index (χ0v) is 9.11. The van der Waals surface area contributed by atoms with E-state index in [1.165, 1.54) is 0 Å². The molecule has 0 atom stereocenters. The molecule has 86 valence electrons. The molecule has 1 rings (SSSR count). The van der Waals surface area contributed by atoms with Gasteiger partial charge in [-0.2, -0.15) is 0 Å². The maximum atomic E-state index is 11.4. The normalized spacial score (nSPS) is 18.7. The minimum absolute atomic E-state index is 0.0531. The first-order valence-corrected chi connectivity index (χ1v) is 5.47. The fourth-order valence-corrected chi connectivity index (χ4v) is 1.77. The van der Waals surface area contributed by atoms with Crippen molar-refractivity contribution in [2.24, 2.45) is 5.92 Å². The van der Waals surface area contributed by atoms with E-state index in [9.17, 15) is 4.79 Å². The Bertz CT molecular complexity index is 211. The van der Waals surface area contributed by atoms with Gasteiger partial charge in [0.1, 0.15) is 0 Å². The van der Waals surface area contributed by atoms with Crippen molar-refractivity contribution in [3.63, 3.8) is 0 Å². The van der Waals surface area contributed by atoms with Gasteiger partial charge in [-0.3, -0.25) is 9.69 Å². The summed E-state index contributed by atoms with van der Waals surface area (Å²) in [6.07, 6.45) is 3.66. The number of hydrogen-bond acceptors (Lipinski definition) is 3. The lowest BCUT2D eigenvalue weighted by Gasteiger charge is -2.30. The molecule has 0 spiro atoms. The van der Waals surface area contributed by atoms with E-state index in [1.54, 1.807) is 6.08 Å². The Morgan fingerprint density at radius 2 is 2.20 bits per heavy atom. The molecule has 15 heavy (non-hydrogen) atoms. The average molecular weight is 212 g/mol. The van der Waals surface area contributed by atoms with Crippen molar-refractivity contribution in [2.45, 2.75) is 12.8 Å². The van der Waals surface area contributed by atoms with Crippen LogP contribution >= 0.6 is 0 Å². The van der Waals surface area contributed by atoms with Crippen LogP contribution in [0.3, 0.4) is 0 Å². The van der Waals surface area contributed by atoms with Crippen LogP contribution in [0.25, 0.3) is 0 Å². The first-order chi connectivity index (χ1) is 7.26. The summed E-state index contributed by atoms with van der Waals surface area (Å²) in [5.41, 5.74) is 0. The highest BCUT2D eigenvalue weighted by atomic mass is 16.3. The molecule has 0 saturated carbocycles. The highest BCUT2D eigenvalue weighted by Gasteiger charge is 2.19. The van der Waals surface area contributed by atoms with Crippen molar-refractivity contribution < 1.29 is 9.90 Å². The van der Waals surface area contributed by atoms with Crippen LogP contribution in [-0.4, -0.2) is 48.7 Å². The van der Waals surface area contributed by atoms with E-state index in [2.05, 4.69) is 16.8 Å². The van der Waals surface area contributed by atoms with Gasteiger partial charge in [0.05, 0.1) is 6.54 Å². The predicted molar refractivity (Wildman–Crippen MR) is 59.5 cm³/mol. The molecular formula is C11H20N2O2. The third kappa shape index (κ3) is 4.44. The number of carbonyl (C=O) groups is 1. The van der Waals surface area contributed by atoms with Gasteiger partial charge >= 0.3 is 0 Å². The van der Waals surface area contributed by atoms with Gasteiger partial charge in [-0.25, -0.2) is 0 Å². The standard InChI is InChI=1S/C11H20N2O2/c1-2-5-12-11(15)8-13-6-3-10(9-14)4-7-13/h2,10,14H,1,3-9H2,(H,12,15). The Hall–Kier alpha value is -0.870. The number of carbonyl (C=O) groups excluding carboxylic acids is 1. The molecule has 1 fully saturated rings. The SMILES string of the molecule is C=CCNC(=O)CN1CCC(CO)CC1. The second-order valence-corrected chi connectivity index (χ2v) is 3.99. The lowest BCUT2D eigenvalue weighted by atomic mass is 9.98. The summed E-state index contributed by atoms with van der Waals surface area (Å²) in [4.78, 5) is 13.5. The van der Waals surface area contributed by atoms with Gasteiger partial charge in [-0.15, -0.1) is 6.58 Å². The van der Waals surface area contributed by atoms with E-state index in [-0.39, 0.29) is 12.5 Å². The van der Waals surface area contributed by atoms with E-state index < -0.39 is 0 Å². The molecule has 0 bridgehead atoms. The molecule has 0 aromatic carbocycles. The third-order valence-electron chi connectivity index (χ3n) is 2.78. The summed E-state index contributed by atoms with van der Waals surface area (Å²) < 4.78 is 0. The average Bonchev–Trinajstić information content (AvgIpc) is 2.27. The van der Waals surface area contributed by atoms with E-state index in [4.69, 9.17) is 5.11 Å². The summed E-state index contributed by atoms with van der Waals surface area (Å²) in [7, 11) is 0. The van der Waals surface area contributed by atoms with E-state index in [0.717, 1.165) is 25.9 Å². The number of aliphatic hydroxyl groups is 1. The summed E-state index contributed by atoms with van der Waals surface area (Å²) >= 11 is 0. The smallest absolute Gasteiger partial charge is 0.234 e. The van der Waals surface area contributed by atoms with E-state index >= 15 is 0 Å². The highest BCUT2D eigenvalue weighted by molar-refractivity contribution is 5.78. The summed E-state index contributed by atoms with van der Waals surface area (Å²) in [5.74, 6) is 0.481. The van der Waals surface area contributed by atoms with Gasteiger partial charge in [0.15, 0.2) is 0 Å². The molecule has 1 aliphatic rings. The number of likely N-dealkylation sites (tertiary alicyclic amines) is 1. The van der Waals surface area contributed by atoms with Crippen molar-refractivity contribution in [3.05, 3.63) is 12.7 Å². The molecule has 2 N–H and O–H groups in total. The third-order valence-corrected chi connectivity index (χ3v) is 2.78. The summed E-state index contributed by atoms with van der Waals surface area (Å²) in [6.45, 7) is 6.64. The van der Waals surface area contributed by atoms with Crippen LogP contribution in [0, 0.1) is 5.92 Å². The topological polar surface area (TPSA) is 52.6 Å². The number of aliphatic hydroxyl groups excluding tert-OH is 1. The number of nitrogens with one attached hydrogen (secondary N) is 1. The van der Waals surface area contributed by atoms with E-state index in [1.807, 2.05) is 0 Å². The van der Waals surface area contributed by atoms with Crippen LogP contribution in [0.2, 0.25) is 0 Å². The highest BCUT2D eigenvalue weighted by Crippen LogP contribution is 2.15. The van der Waals surface area contributed by atoms with Crippen LogP contribution in [0.1, 0.15) is 12.8 Å². The molecule has 1 saturated heterocycles. The number of amides is 1. The van der Waals surface area contributed by atoms with E-state index in [0.29, 0.717) is 19.0 Å². The molecule has 0 aromatic rings. The minimum atomic E-state index is 0.0531. The number of piperidine rings is 1. The second kappa shape index (κ2) is 6.58. The van der Waals surface area contributed by atoms with Gasteiger partial charge in [-0.1, -0.05) is 6.08 Å². The fourth-order valence-electron chi connectivity index (χ4n) is 1.77. The summed E-state index contributed by atoms with van der Waals surface area (Å²) in [6, 6.07) is 0. The van der Waals surface area contributed by atoms with Crippen molar-refractivity contribution >= 4 is 5.91 Å². The molecule has 0 unspecified atom stereocenters. The number of hydrogen-bond donors (Lipinski definition) is 2. The maximum Gasteiger partial charge on any atom is 0.234 e. The lowest BCUT2D eigenvalue weighted by molar-refractivity contribution is -0.122. The van der Waals surface area contributed by atoms with Crippen molar-refractivity contribution in [1.82, 2.24) is 10.2 Å². The molecule has 0 aromatic heterocycles. The van der Waals surface area contributed by atoms with Crippen LogP contribution in [0.4, 0.5) is 0 Å².